The van der Waals surface area contributed by atoms with E-state index in [2.05, 4.69) is 20.5 Å². The summed E-state index contributed by atoms with van der Waals surface area (Å²) in [6.45, 7) is 0. The van der Waals surface area contributed by atoms with Crippen LogP contribution in [0.3, 0.4) is 0 Å². The Morgan fingerprint density at radius 3 is 2.93 bits per heavy atom. The van der Waals surface area contributed by atoms with E-state index in [-0.39, 0.29) is 0 Å². The van der Waals surface area contributed by atoms with Gasteiger partial charge in [0.15, 0.2) is 5.82 Å². The molecule has 2 aromatic rings. The molecule has 0 aliphatic heterocycles. The van der Waals surface area contributed by atoms with Crippen molar-refractivity contribution in [2.24, 2.45) is 0 Å². The highest BCUT2D eigenvalue weighted by atomic mass is 35.5. The molecule has 0 bridgehead atoms. The number of aromatic amines is 1. The van der Waals surface area contributed by atoms with Gasteiger partial charge in [0.2, 0.25) is 0 Å². The molecule has 1 heterocycles. The fourth-order valence-corrected chi connectivity index (χ4v) is 1.44. The van der Waals surface area contributed by atoms with Crippen molar-refractivity contribution in [3.8, 4) is 11.4 Å². The normalized spacial score (nSPS) is 10.1. The topological polar surface area (TPSA) is 53.6 Å². The first-order valence-electron chi connectivity index (χ1n) is 4.14. The van der Waals surface area contributed by atoms with E-state index in [9.17, 15) is 0 Å². The van der Waals surface area contributed by atoms with Crippen LogP contribution in [-0.2, 0) is 0 Å². The molecule has 0 atom stereocenters. The van der Waals surface area contributed by atoms with Crippen molar-refractivity contribution in [2.45, 2.75) is 0 Å². The van der Waals surface area contributed by atoms with E-state index >= 15 is 0 Å². The zero-order valence-electron chi connectivity index (χ0n) is 7.58. The molecule has 5 heteroatoms. The maximum atomic E-state index is 5.90. The molecule has 2 N–H and O–H groups in total. The third-order valence-electron chi connectivity index (χ3n) is 1.92. The van der Waals surface area contributed by atoms with Crippen LogP contribution in [0.2, 0.25) is 5.02 Å². The molecule has 0 aliphatic rings. The van der Waals surface area contributed by atoms with Crippen molar-refractivity contribution in [3.63, 3.8) is 0 Å². The summed E-state index contributed by atoms with van der Waals surface area (Å²) in [4.78, 5) is 4.07. The van der Waals surface area contributed by atoms with Crippen LogP contribution in [0.5, 0.6) is 0 Å². The molecule has 0 saturated carbocycles. The van der Waals surface area contributed by atoms with Gasteiger partial charge in [0.1, 0.15) is 6.33 Å². The summed E-state index contributed by atoms with van der Waals surface area (Å²) in [7, 11) is 1.85. The summed E-state index contributed by atoms with van der Waals surface area (Å²) in [6, 6.07) is 5.57. The van der Waals surface area contributed by atoms with E-state index in [1.807, 2.05) is 25.2 Å². The SMILES string of the molecule is CNc1ccc(Cl)cc1-c1ncn[nH]1. The smallest absolute Gasteiger partial charge is 0.157 e. The Morgan fingerprint density at radius 2 is 2.29 bits per heavy atom. The summed E-state index contributed by atoms with van der Waals surface area (Å²) < 4.78 is 0. The van der Waals surface area contributed by atoms with E-state index in [1.165, 1.54) is 6.33 Å². The highest BCUT2D eigenvalue weighted by molar-refractivity contribution is 6.31. The largest absolute Gasteiger partial charge is 0.388 e. The lowest BCUT2D eigenvalue weighted by Crippen LogP contribution is -1.92. The van der Waals surface area contributed by atoms with Gasteiger partial charge in [-0.2, -0.15) is 5.10 Å². The molecule has 1 aromatic heterocycles. The van der Waals surface area contributed by atoms with Crippen molar-refractivity contribution in [1.82, 2.24) is 15.2 Å². The zero-order valence-corrected chi connectivity index (χ0v) is 8.34. The molecule has 0 saturated heterocycles. The monoisotopic (exact) mass is 208 g/mol. The number of hydrogen-bond donors (Lipinski definition) is 2. The molecule has 0 spiro atoms. The fourth-order valence-electron chi connectivity index (χ4n) is 1.27. The minimum atomic E-state index is 0.676. The summed E-state index contributed by atoms with van der Waals surface area (Å²) >= 11 is 5.90. The molecule has 0 unspecified atom stereocenters. The predicted molar refractivity (Wildman–Crippen MR) is 56.4 cm³/mol. The Morgan fingerprint density at radius 1 is 1.43 bits per heavy atom. The van der Waals surface area contributed by atoms with Crippen molar-refractivity contribution in [1.29, 1.82) is 0 Å². The lowest BCUT2D eigenvalue weighted by atomic mass is 10.1. The van der Waals surface area contributed by atoms with Gasteiger partial charge < -0.3 is 5.32 Å². The number of nitrogens with one attached hydrogen (secondary N) is 2. The summed E-state index contributed by atoms with van der Waals surface area (Å²) in [5.74, 6) is 0.705. The lowest BCUT2D eigenvalue weighted by molar-refractivity contribution is 1.10. The molecule has 14 heavy (non-hydrogen) atoms. The van der Waals surface area contributed by atoms with Gasteiger partial charge in [-0.25, -0.2) is 4.98 Å². The molecule has 0 aliphatic carbocycles. The van der Waals surface area contributed by atoms with Gasteiger partial charge in [0.25, 0.3) is 0 Å². The van der Waals surface area contributed by atoms with Crippen LogP contribution >= 0.6 is 11.6 Å². The van der Waals surface area contributed by atoms with Crippen LogP contribution < -0.4 is 5.32 Å². The minimum absolute atomic E-state index is 0.676. The average Bonchev–Trinajstić information content (AvgIpc) is 2.70. The molecule has 2 rings (SSSR count). The Hall–Kier alpha value is -1.55. The average molecular weight is 209 g/mol. The highest BCUT2D eigenvalue weighted by Crippen LogP contribution is 2.27. The number of anilines is 1. The fraction of sp³-hybridized carbons (Fsp3) is 0.111. The molecule has 0 amide bonds. The van der Waals surface area contributed by atoms with Gasteiger partial charge in [-0.15, -0.1) is 0 Å². The summed E-state index contributed by atoms with van der Waals surface area (Å²) in [6.07, 6.45) is 1.47. The second-order valence-corrected chi connectivity index (χ2v) is 3.21. The molecule has 72 valence electrons. The van der Waals surface area contributed by atoms with Gasteiger partial charge in [-0.1, -0.05) is 11.6 Å². The van der Waals surface area contributed by atoms with Crippen LogP contribution in [0.4, 0.5) is 5.69 Å². The third kappa shape index (κ3) is 1.56. The van der Waals surface area contributed by atoms with Crippen LogP contribution in [0.1, 0.15) is 0 Å². The first-order valence-corrected chi connectivity index (χ1v) is 4.52. The molecule has 0 fully saturated rings. The van der Waals surface area contributed by atoms with Crippen molar-refractivity contribution in [2.75, 3.05) is 12.4 Å². The third-order valence-corrected chi connectivity index (χ3v) is 2.16. The number of aromatic nitrogens is 3. The predicted octanol–water partition coefficient (Wildman–Crippen LogP) is 2.17. The number of halogens is 1. The quantitative estimate of drug-likeness (QED) is 0.795. The van der Waals surface area contributed by atoms with Crippen molar-refractivity contribution < 1.29 is 0 Å². The van der Waals surface area contributed by atoms with E-state index in [1.54, 1.807) is 0 Å². The number of benzene rings is 1. The maximum absolute atomic E-state index is 5.90. The summed E-state index contributed by atoms with van der Waals surface area (Å²) in [5, 5.41) is 10.3. The second-order valence-electron chi connectivity index (χ2n) is 2.77. The number of H-pyrrole nitrogens is 1. The molecule has 1 aromatic carbocycles. The van der Waals surface area contributed by atoms with Gasteiger partial charge in [0, 0.05) is 23.3 Å². The van der Waals surface area contributed by atoms with Crippen LogP contribution in [0, 0.1) is 0 Å². The van der Waals surface area contributed by atoms with Crippen molar-refractivity contribution in [3.05, 3.63) is 29.5 Å². The van der Waals surface area contributed by atoms with Crippen molar-refractivity contribution >= 4 is 17.3 Å². The van der Waals surface area contributed by atoms with E-state index in [0.717, 1.165) is 11.3 Å². The highest BCUT2D eigenvalue weighted by Gasteiger charge is 2.06. The molecule has 4 nitrogen and oxygen atoms in total. The molecule has 0 radical (unpaired) electrons. The Labute approximate surface area is 86.3 Å². The Kier molecular flexibility index (Phi) is 2.37. The van der Waals surface area contributed by atoms with Gasteiger partial charge in [-0.3, -0.25) is 5.10 Å². The number of rotatable bonds is 2. The first-order chi connectivity index (χ1) is 6.81. The summed E-state index contributed by atoms with van der Waals surface area (Å²) in [5.41, 5.74) is 1.88. The Bertz CT molecular complexity index is 424. The minimum Gasteiger partial charge on any atom is -0.388 e. The van der Waals surface area contributed by atoms with Crippen LogP contribution in [0.15, 0.2) is 24.5 Å². The number of nitrogens with zero attached hydrogens (tertiary/aromatic N) is 2. The number of hydrogen-bond acceptors (Lipinski definition) is 3. The molecular formula is C9H9ClN4. The lowest BCUT2D eigenvalue weighted by Gasteiger charge is -2.06. The Balaban J connectivity index is 2.55. The van der Waals surface area contributed by atoms with Gasteiger partial charge >= 0.3 is 0 Å². The zero-order chi connectivity index (χ0) is 9.97. The standard InChI is InChI=1S/C9H9ClN4/c1-11-8-3-2-6(10)4-7(8)9-12-5-13-14-9/h2-5,11H,1H3,(H,12,13,14). The van der Waals surface area contributed by atoms with Gasteiger partial charge in [0.05, 0.1) is 0 Å². The van der Waals surface area contributed by atoms with E-state index in [0.29, 0.717) is 10.8 Å². The second kappa shape index (κ2) is 3.67. The van der Waals surface area contributed by atoms with E-state index < -0.39 is 0 Å². The maximum Gasteiger partial charge on any atom is 0.157 e. The van der Waals surface area contributed by atoms with Gasteiger partial charge in [-0.05, 0) is 18.2 Å². The van der Waals surface area contributed by atoms with E-state index in [4.69, 9.17) is 11.6 Å². The van der Waals surface area contributed by atoms with Crippen LogP contribution in [0.25, 0.3) is 11.4 Å². The molecular weight excluding hydrogens is 200 g/mol. The first kappa shape index (κ1) is 9.02. The van der Waals surface area contributed by atoms with Crippen LogP contribution in [-0.4, -0.2) is 22.2 Å².